The fourth-order valence-corrected chi connectivity index (χ4v) is 5.37. The van der Waals surface area contributed by atoms with E-state index < -0.39 is 17.5 Å². The monoisotopic (exact) mass is 378 g/mol. The van der Waals surface area contributed by atoms with Crippen LogP contribution in [-0.2, 0) is 0 Å². The molecule has 2 fully saturated rings. The Morgan fingerprint density at radius 3 is 1.93 bits per heavy atom. The molecule has 0 nitrogen and oxygen atoms in total. The average Bonchev–Trinajstić information content (AvgIpc) is 2.67. The molecule has 1 aromatic rings. The van der Waals surface area contributed by atoms with E-state index in [0.29, 0.717) is 11.5 Å². The first-order valence-electron chi connectivity index (χ1n) is 10.8. The van der Waals surface area contributed by atoms with Crippen LogP contribution < -0.4 is 0 Å². The lowest BCUT2D eigenvalue weighted by Gasteiger charge is -2.37. The van der Waals surface area contributed by atoms with Crippen molar-refractivity contribution in [2.45, 2.75) is 78.1 Å². The van der Waals surface area contributed by atoms with E-state index in [1.165, 1.54) is 51.4 Å². The van der Waals surface area contributed by atoms with Gasteiger partial charge in [0, 0.05) is 0 Å². The zero-order valence-corrected chi connectivity index (χ0v) is 16.7. The summed E-state index contributed by atoms with van der Waals surface area (Å²) in [7, 11) is 0. The number of benzene rings is 1. The predicted molar refractivity (Wildman–Crippen MR) is 106 cm³/mol. The minimum Gasteiger partial charge on any atom is -0.204 e. The molecular formula is C24H33F3. The van der Waals surface area contributed by atoms with E-state index in [-0.39, 0.29) is 0 Å². The summed E-state index contributed by atoms with van der Waals surface area (Å²) in [5, 5.41) is 0. The molecule has 3 heteroatoms. The van der Waals surface area contributed by atoms with Crippen molar-refractivity contribution < 1.29 is 13.2 Å². The number of rotatable bonds is 5. The van der Waals surface area contributed by atoms with Crippen LogP contribution in [-0.4, -0.2) is 0 Å². The molecule has 3 rings (SSSR count). The average molecular weight is 379 g/mol. The van der Waals surface area contributed by atoms with Crippen molar-refractivity contribution in [2.24, 2.45) is 23.7 Å². The molecule has 27 heavy (non-hydrogen) atoms. The van der Waals surface area contributed by atoms with Gasteiger partial charge in [0.15, 0.2) is 17.5 Å². The maximum atomic E-state index is 13.5. The Kier molecular flexibility index (Phi) is 7.05. The van der Waals surface area contributed by atoms with Gasteiger partial charge in [-0.1, -0.05) is 38.7 Å². The molecule has 0 amide bonds. The van der Waals surface area contributed by atoms with Gasteiger partial charge in [0.1, 0.15) is 0 Å². The minimum atomic E-state index is -1.39. The summed E-state index contributed by atoms with van der Waals surface area (Å²) in [6, 6.07) is 2.20. The maximum Gasteiger partial charge on any atom is 0.194 e. The standard InChI is InChI=1S/C24H33F3/c1-3-4-17-5-9-19(10-6-17)20-11-7-18(8-12-20)13-16(2)21-14-22(25)24(27)23(26)15-21/h13-15,17-20H,3-12H2,1-2H3. The number of hydrogen-bond donors (Lipinski definition) is 0. The fourth-order valence-electron chi connectivity index (χ4n) is 5.37. The van der Waals surface area contributed by atoms with Crippen LogP contribution in [0.5, 0.6) is 0 Å². The highest BCUT2D eigenvalue weighted by molar-refractivity contribution is 5.64. The van der Waals surface area contributed by atoms with E-state index in [1.54, 1.807) is 0 Å². The smallest absolute Gasteiger partial charge is 0.194 e. The lowest BCUT2D eigenvalue weighted by atomic mass is 9.68. The first-order valence-corrected chi connectivity index (χ1v) is 10.8. The summed E-state index contributed by atoms with van der Waals surface area (Å²) in [6.45, 7) is 4.16. The van der Waals surface area contributed by atoms with Gasteiger partial charge in [-0.05, 0) is 92.4 Å². The van der Waals surface area contributed by atoms with Crippen molar-refractivity contribution in [3.05, 3.63) is 41.2 Å². The third kappa shape index (κ3) is 5.18. The topological polar surface area (TPSA) is 0 Å². The summed E-state index contributed by atoms with van der Waals surface area (Å²) in [6.07, 6.45) is 15.3. The lowest BCUT2D eigenvalue weighted by Crippen LogP contribution is -2.25. The molecule has 0 bridgehead atoms. The third-order valence-electron chi connectivity index (χ3n) is 7.00. The zero-order valence-electron chi connectivity index (χ0n) is 16.7. The second kappa shape index (κ2) is 9.30. The lowest BCUT2D eigenvalue weighted by molar-refractivity contribution is 0.152. The SMILES string of the molecule is CCCC1CCC(C2CCC(C=C(C)c3cc(F)c(F)c(F)c3)CC2)CC1. The summed E-state index contributed by atoms with van der Waals surface area (Å²) in [4.78, 5) is 0. The van der Waals surface area contributed by atoms with Crippen molar-refractivity contribution in [3.8, 4) is 0 Å². The summed E-state index contributed by atoms with van der Waals surface area (Å²) < 4.78 is 40.1. The first-order chi connectivity index (χ1) is 13.0. The van der Waals surface area contributed by atoms with Crippen LogP contribution in [0.15, 0.2) is 18.2 Å². The Bertz CT molecular complexity index is 625. The Labute approximate surface area is 162 Å². The highest BCUT2D eigenvalue weighted by Crippen LogP contribution is 2.42. The molecule has 2 aliphatic rings. The van der Waals surface area contributed by atoms with Crippen molar-refractivity contribution in [2.75, 3.05) is 0 Å². The van der Waals surface area contributed by atoms with E-state index in [1.807, 2.05) is 6.92 Å². The van der Waals surface area contributed by atoms with Gasteiger partial charge >= 0.3 is 0 Å². The van der Waals surface area contributed by atoms with Crippen molar-refractivity contribution in [1.29, 1.82) is 0 Å². The summed E-state index contributed by atoms with van der Waals surface area (Å²) in [5.41, 5.74) is 1.29. The number of halogens is 3. The van der Waals surface area contributed by atoms with E-state index in [9.17, 15) is 13.2 Å². The van der Waals surface area contributed by atoms with Crippen LogP contribution >= 0.6 is 0 Å². The molecule has 0 aliphatic heterocycles. The maximum absolute atomic E-state index is 13.5. The van der Waals surface area contributed by atoms with Gasteiger partial charge in [0.2, 0.25) is 0 Å². The number of hydrogen-bond acceptors (Lipinski definition) is 0. The van der Waals surface area contributed by atoms with E-state index in [0.717, 1.165) is 48.3 Å². The fraction of sp³-hybridized carbons (Fsp3) is 0.667. The predicted octanol–water partition coefficient (Wildman–Crippen LogP) is 7.92. The van der Waals surface area contributed by atoms with Gasteiger partial charge in [0.25, 0.3) is 0 Å². The molecule has 0 atom stereocenters. The van der Waals surface area contributed by atoms with Gasteiger partial charge < -0.3 is 0 Å². The van der Waals surface area contributed by atoms with Gasteiger partial charge in [0.05, 0.1) is 0 Å². The van der Waals surface area contributed by atoms with Gasteiger partial charge in [-0.2, -0.15) is 0 Å². The second-order valence-electron chi connectivity index (χ2n) is 8.85. The Morgan fingerprint density at radius 2 is 1.41 bits per heavy atom. The molecular weight excluding hydrogens is 345 g/mol. The molecule has 1 aromatic carbocycles. The van der Waals surface area contributed by atoms with Crippen LogP contribution in [0.3, 0.4) is 0 Å². The molecule has 2 aliphatic carbocycles. The molecule has 0 aromatic heterocycles. The van der Waals surface area contributed by atoms with Crippen LogP contribution in [0.4, 0.5) is 13.2 Å². The Balaban J connectivity index is 1.53. The van der Waals surface area contributed by atoms with E-state index in [2.05, 4.69) is 13.0 Å². The Morgan fingerprint density at radius 1 is 0.889 bits per heavy atom. The van der Waals surface area contributed by atoms with Crippen molar-refractivity contribution in [1.82, 2.24) is 0 Å². The van der Waals surface area contributed by atoms with E-state index >= 15 is 0 Å². The quantitative estimate of drug-likeness (QED) is 0.456. The largest absolute Gasteiger partial charge is 0.204 e. The van der Waals surface area contributed by atoms with Gasteiger partial charge in [-0.25, -0.2) is 13.2 Å². The minimum absolute atomic E-state index is 0.447. The molecule has 0 spiro atoms. The van der Waals surface area contributed by atoms with E-state index in [4.69, 9.17) is 0 Å². The van der Waals surface area contributed by atoms with Crippen molar-refractivity contribution >= 4 is 5.57 Å². The highest BCUT2D eigenvalue weighted by Gasteiger charge is 2.30. The van der Waals surface area contributed by atoms with Crippen molar-refractivity contribution in [3.63, 3.8) is 0 Å². The van der Waals surface area contributed by atoms with Gasteiger partial charge in [-0.3, -0.25) is 0 Å². The van der Waals surface area contributed by atoms with Crippen LogP contribution in [0.2, 0.25) is 0 Å². The third-order valence-corrected chi connectivity index (χ3v) is 7.00. The van der Waals surface area contributed by atoms with Crippen LogP contribution in [0, 0.1) is 41.1 Å². The summed E-state index contributed by atoms with van der Waals surface area (Å²) >= 11 is 0. The van der Waals surface area contributed by atoms with Crippen LogP contribution in [0.1, 0.15) is 83.6 Å². The molecule has 0 radical (unpaired) electrons. The van der Waals surface area contributed by atoms with Gasteiger partial charge in [-0.15, -0.1) is 0 Å². The highest BCUT2D eigenvalue weighted by atomic mass is 19.2. The van der Waals surface area contributed by atoms with Crippen LogP contribution in [0.25, 0.3) is 5.57 Å². The molecule has 0 heterocycles. The zero-order chi connectivity index (χ0) is 19.4. The Hall–Kier alpha value is -1.25. The normalized spacial score (nSPS) is 29.7. The second-order valence-corrected chi connectivity index (χ2v) is 8.85. The molecule has 150 valence electrons. The molecule has 2 saturated carbocycles. The number of allylic oxidation sites excluding steroid dienone is 2. The first kappa shape index (κ1) is 20.5. The molecule has 0 N–H and O–H groups in total. The summed E-state index contributed by atoms with van der Waals surface area (Å²) in [5.74, 6) is -0.415. The molecule has 0 unspecified atom stereocenters. The molecule has 0 saturated heterocycles.